The van der Waals surface area contributed by atoms with Gasteiger partial charge >= 0.3 is 0 Å². The average molecular weight is 347 g/mol. The first-order valence-electron chi connectivity index (χ1n) is 9.39. The second kappa shape index (κ2) is 7.56. The van der Waals surface area contributed by atoms with E-state index in [1.165, 1.54) is 5.56 Å². The van der Waals surface area contributed by atoms with E-state index in [4.69, 9.17) is 4.74 Å². The Morgan fingerprint density at radius 1 is 1.04 bits per heavy atom. The number of ether oxygens (including phenoxy) is 1. The van der Waals surface area contributed by atoms with Crippen molar-refractivity contribution in [2.45, 2.75) is 31.5 Å². The van der Waals surface area contributed by atoms with Gasteiger partial charge in [0.2, 0.25) is 0 Å². The fraction of sp³-hybridized carbons (Fsp3) is 0.348. The van der Waals surface area contributed by atoms with Crippen LogP contribution in [0.25, 0.3) is 6.08 Å². The number of carbonyl (C=O) groups is 1. The van der Waals surface area contributed by atoms with Gasteiger partial charge in [0.15, 0.2) is 5.78 Å². The number of piperidine rings is 1. The minimum absolute atomic E-state index is 0.0713. The summed E-state index contributed by atoms with van der Waals surface area (Å²) in [6, 6.07) is 19.0. The predicted molar refractivity (Wildman–Crippen MR) is 104 cm³/mol. The van der Waals surface area contributed by atoms with Crippen LogP contribution in [0.3, 0.4) is 0 Å². The molecule has 2 aromatic rings. The first-order valence-corrected chi connectivity index (χ1v) is 9.39. The van der Waals surface area contributed by atoms with E-state index in [1.54, 1.807) is 6.08 Å². The third-order valence-corrected chi connectivity index (χ3v) is 5.70. The van der Waals surface area contributed by atoms with Gasteiger partial charge in [-0.2, -0.15) is 0 Å². The van der Waals surface area contributed by atoms with E-state index < -0.39 is 0 Å². The Hall–Kier alpha value is -2.23. The summed E-state index contributed by atoms with van der Waals surface area (Å²) >= 11 is 0. The Morgan fingerprint density at radius 3 is 2.38 bits per heavy atom. The third kappa shape index (κ3) is 3.37. The van der Waals surface area contributed by atoms with Crippen molar-refractivity contribution < 1.29 is 9.53 Å². The van der Waals surface area contributed by atoms with Gasteiger partial charge in [0.25, 0.3) is 0 Å². The summed E-state index contributed by atoms with van der Waals surface area (Å²) < 4.78 is 5.81. The Balaban J connectivity index is 1.52. The fourth-order valence-electron chi connectivity index (χ4n) is 4.38. The quantitative estimate of drug-likeness (QED) is 0.760. The van der Waals surface area contributed by atoms with E-state index in [2.05, 4.69) is 41.8 Å². The first kappa shape index (κ1) is 17.2. The van der Waals surface area contributed by atoms with Crippen LogP contribution in [-0.4, -0.2) is 36.0 Å². The lowest BCUT2D eigenvalue weighted by atomic mass is 9.79. The summed E-state index contributed by atoms with van der Waals surface area (Å²) in [7, 11) is 0. The number of Topliss-reactive ketones (excluding diaryl/α,β-unsaturated/α-hetero) is 1. The zero-order valence-electron chi connectivity index (χ0n) is 15.0. The molecule has 3 heteroatoms. The van der Waals surface area contributed by atoms with E-state index in [-0.39, 0.29) is 11.7 Å². The maximum Gasteiger partial charge on any atom is 0.166 e. The van der Waals surface area contributed by atoms with Crippen LogP contribution in [0.15, 0.2) is 61.2 Å². The summed E-state index contributed by atoms with van der Waals surface area (Å²) in [4.78, 5) is 15.7. The molecule has 3 nitrogen and oxygen atoms in total. The van der Waals surface area contributed by atoms with Gasteiger partial charge in [0, 0.05) is 30.1 Å². The molecule has 2 fully saturated rings. The topological polar surface area (TPSA) is 29.5 Å². The third-order valence-electron chi connectivity index (χ3n) is 5.70. The zero-order valence-corrected chi connectivity index (χ0v) is 15.0. The highest BCUT2D eigenvalue weighted by atomic mass is 16.5. The van der Waals surface area contributed by atoms with Gasteiger partial charge in [-0.3, -0.25) is 9.69 Å². The summed E-state index contributed by atoms with van der Waals surface area (Å²) in [5.41, 5.74) is 3.07. The molecule has 2 heterocycles. The number of hydrogen-bond acceptors (Lipinski definition) is 3. The summed E-state index contributed by atoms with van der Waals surface area (Å²) in [6.45, 7) is 6.23. The monoisotopic (exact) mass is 347 g/mol. The highest BCUT2D eigenvalue weighted by Gasteiger charge is 2.41. The second-order valence-electron chi connectivity index (χ2n) is 7.33. The van der Waals surface area contributed by atoms with Crippen molar-refractivity contribution in [2.24, 2.45) is 5.92 Å². The zero-order chi connectivity index (χ0) is 17.9. The van der Waals surface area contributed by atoms with Crippen LogP contribution >= 0.6 is 0 Å². The number of benzene rings is 2. The number of carbonyl (C=O) groups excluding carboxylic acids is 1. The number of nitrogens with zero attached hydrogens (tertiary/aromatic N) is 1. The SMILES string of the molecule is C=Cc1ccccc1C(=O)C1CC2COCC(C1)N2Cc1ccccc1. The van der Waals surface area contributed by atoms with Crippen molar-refractivity contribution in [3.63, 3.8) is 0 Å². The maximum atomic E-state index is 13.2. The van der Waals surface area contributed by atoms with Crippen LogP contribution in [0.4, 0.5) is 0 Å². The fourth-order valence-corrected chi connectivity index (χ4v) is 4.38. The van der Waals surface area contributed by atoms with Gasteiger partial charge in [-0.05, 0) is 24.0 Å². The molecule has 26 heavy (non-hydrogen) atoms. The molecule has 4 rings (SSSR count). The van der Waals surface area contributed by atoms with Gasteiger partial charge in [-0.15, -0.1) is 0 Å². The molecular formula is C23H25NO2. The smallest absolute Gasteiger partial charge is 0.166 e. The van der Waals surface area contributed by atoms with Crippen LogP contribution in [0, 0.1) is 5.92 Å². The molecule has 0 aromatic heterocycles. The molecule has 2 aliphatic heterocycles. The molecule has 2 bridgehead atoms. The lowest BCUT2D eigenvalue weighted by molar-refractivity contribution is -0.0872. The normalized spacial score (nSPS) is 25.6. The van der Waals surface area contributed by atoms with E-state index in [0.29, 0.717) is 12.1 Å². The number of hydrogen-bond donors (Lipinski definition) is 0. The summed E-state index contributed by atoms with van der Waals surface area (Å²) in [6.07, 6.45) is 3.52. The van der Waals surface area contributed by atoms with Crippen molar-refractivity contribution in [3.05, 3.63) is 77.9 Å². The summed E-state index contributed by atoms with van der Waals surface area (Å²) in [5, 5.41) is 0. The van der Waals surface area contributed by atoms with Gasteiger partial charge in [0.05, 0.1) is 13.2 Å². The number of fused-ring (bicyclic) bond motifs is 2. The van der Waals surface area contributed by atoms with Crippen LogP contribution in [-0.2, 0) is 11.3 Å². The molecule has 134 valence electrons. The molecule has 2 unspecified atom stereocenters. The van der Waals surface area contributed by atoms with E-state index in [9.17, 15) is 4.79 Å². The van der Waals surface area contributed by atoms with Crippen molar-refractivity contribution in [1.82, 2.24) is 4.90 Å². The van der Waals surface area contributed by atoms with E-state index in [0.717, 1.165) is 43.7 Å². The second-order valence-corrected chi connectivity index (χ2v) is 7.33. The van der Waals surface area contributed by atoms with Crippen molar-refractivity contribution >= 4 is 11.9 Å². The molecule has 2 saturated heterocycles. The minimum Gasteiger partial charge on any atom is -0.378 e. The van der Waals surface area contributed by atoms with Crippen molar-refractivity contribution in [1.29, 1.82) is 0 Å². The number of morpholine rings is 1. The van der Waals surface area contributed by atoms with Crippen molar-refractivity contribution in [2.75, 3.05) is 13.2 Å². The molecule has 0 radical (unpaired) electrons. The van der Waals surface area contributed by atoms with E-state index >= 15 is 0 Å². The van der Waals surface area contributed by atoms with Gasteiger partial charge in [0.1, 0.15) is 0 Å². The Kier molecular flexibility index (Phi) is 5.00. The number of ketones is 1. The van der Waals surface area contributed by atoms with Crippen LogP contribution in [0.5, 0.6) is 0 Å². The molecule has 0 spiro atoms. The van der Waals surface area contributed by atoms with Crippen LogP contribution in [0.2, 0.25) is 0 Å². The van der Waals surface area contributed by atoms with Crippen molar-refractivity contribution in [3.8, 4) is 0 Å². The Labute approximate surface area is 155 Å². The van der Waals surface area contributed by atoms with E-state index in [1.807, 2.05) is 24.3 Å². The number of rotatable bonds is 5. The largest absolute Gasteiger partial charge is 0.378 e. The molecule has 0 aliphatic carbocycles. The highest BCUT2D eigenvalue weighted by molar-refractivity contribution is 6.01. The summed E-state index contributed by atoms with van der Waals surface area (Å²) in [5.74, 6) is 0.332. The molecule has 0 saturated carbocycles. The van der Waals surface area contributed by atoms with Gasteiger partial charge in [-0.1, -0.05) is 67.3 Å². The molecule has 2 aliphatic rings. The average Bonchev–Trinajstić information content (AvgIpc) is 2.68. The molecule has 0 N–H and O–H groups in total. The molecule has 0 amide bonds. The predicted octanol–water partition coefficient (Wildman–Crippen LogP) is 4.19. The van der Waals surface area contributed by atoms with Crippen LogP contribution in [0.1, 0.15) is 34.3 Å². The molecule has 2 atom stereocenters. The van der Waals surface area contributed by atoms with Crippen LogP contribution < -0.4 is 0 Å². The lowest BCUT2D eigenvalue weighted by Crippen LogP contribution is -2.57. The van der Waals surface area contributed by atoms with Gasteiger partial charge < -0.3 is 4.74 Å². The molecule has 2 aromatic carbocycles. The highest BCUT2D eigenvalue weighted by Crippen LogP contribution is 2.35. The molecular weight excluding hydrogens is 322 g/mol. The Morgan fingerprint density at radius 2 is 1.69 bits per heavy atom. The first-order chi connectivity index (χ1) is 12.8. The van der Waals surface area contributed by atoms with Gasteiger partial charge in [-0.25, -0.2) is 0 Å². The minimum atomic E-state index is 0.0713. The maximum absolute atomic E-state index is 13.2. The lowest BCUT2D eigenvalue weighted by Gasteiger charge is -2.48. The standard InChI is InChI=1S/C23H25NO2/c1-2-18-10-6-7-11-22(18)23(25)19-12-20-15-26-16-21(13-19)24(20)14-17-8-4-3-5-9-17/h2-11,19-21H,1,12-16H2. The Bertz CT molecular complexity index is 772.